The van der Waals surface area contributed by atoms with E-state index in [-0.39, 0.29) is 24.1 Å². The molecule has 1 aromatic rings. The summed E-state index contributed by atoms with van der Waals surface area (Å²) in [5.74, 6) is 0.284. The molecule has 0 fully saturated rings. The Labute approximate surface area is 123 Å². The lowest BCUT2D eigenvalue weighted by Crippen LogP contribution is -2.38. The summed E-state index contributed by atoms with van der Waals surface area (Å²) in [5.41, 5.74) is 0.452. The Morgan fingerprint density at radius 1 is 1.43 bits per heavy atom. The average molecular weight is 290 g/mol. The molecule has 0 bridgehead atoms. The summed E-state index contributed by atoms with van der Waals surface area (Å²) in [7, 11) is 0. The van der Waals surface area contributed by atoms with Crippen LogP contribution in [0.1, 0.15) is 20.3 Å². The second-order valence-electron chi connectivity index (χ2n) is 4.98. The summed E-state index contributed by atoms with van der Waals surface area (Å²) < 4.78 is 0. The van der Waals surface area contributed by atoms with Crippen LogP contribution < -0.4 is 5.32 Å². The van der Waals surface area contributed by atoms with Gasteiger partial charge in [-0.05, 0) is 18.1 Å². The number of hydrogen-bond acceptors (Lipinski definition) is 4. The standard InChI is InChI=1S/C14H18N4O3/c1-11(2)10-17(9-3-8-15)14(19)16-12-4-6-13(7-5-12)18(20)21/h4-7,11H,3,9-10H2,1-2H3,(H,16,19). The number of nitro groups is 1. The molecule has 0 saturated heterocycles. The predicted octanol–water partition coefficient (Wildman–Crippen LogP) is 3.00. The van der Waals surface area contributed by atoms with E-state index in [9.17, 15) is 14.9 Å². The van der Waals surface area contributed by atoms with E-state index in [0.717, 1.165) is 0 Å². The number of nitro benzene ring substituents is 1. The summed E-state index contributed by atoms with van der Waals surface area (Å²) >= 11 is 0. The summed E-state index contributed by atoms with van der Waals surface area (Å²) in [6.45, 7) is 4.87. The van der Waals surface area contributed by atoms with Crippen molar-refractivity contribution in [2.24, 2.45) is 5.92 Å². The van der Waals surface area contributed by atoms with Gasteiger partial charge in [-0.1, -0.05) is 13.8 Å². The summed E-state index contributed by atoms with van der Waals surface area (Å²) in [5, 5.41) is 21.9. The summed E-state index contributed by atoms with van der Waals surface area (Å²) in [6, 6.07) is 7.32. The monoisotopic (exact) mass is 290 g/mol. The van der Waals surface area contributed by atoms with Crippen LogP contribution in [0.25, 0.3) is 0 Å². The van der Waals surface area contributed by atoms with E-state index in [2.05, 4.69) is 5.32 Å². The number of amides is 2. The molecule has 2 amide bonds. The molecular weight excluding hydrogens is 272 g/mol. The first kappa shape index (κ1) is 16.4. The van der Waals surface area contributed by atoms with Gasteiger partial charge in [0.2, 0.25) is 0 Å². The molecular formula is C14H18N4O3. The van der Waals surface area contributed by atoms with Gasteiger partial charge in [0.1, 0.15) is 0 Å². The van der Waals surface area contributed by atoms with Gasteiger partial charge in [0.25, 0.3) is 5.69 Å². The highest BCUT2D eigenvalue weighted by atomic mass is 16.6. The molecule has 0 spiro atoms. The SMILES string of the molecule is CC(C)CN(CCC#N)C(=O)Nc1ccc([N+](=O)[O-])cc1. The normalized spacial score (nSPS) is 10.0. The van der Waals surface area contributed by atoms with Crippen LogP contribution >= 0.6 is 0 Å². The number of nitriles is 1. The Bertz CT molecular complexity index is 534. The van der Waals surface area contributed by atoms with Gasteiger partial charge in [-0.2, -0.15) is 5.26 Å². The number of carbonyl (C=O) groups is 1. The van der Waals surface area contributed by atoms with Crippen LogP contribution in [0.2, 0.25) is 0 Å². The Morgan fingerprint density at radius 3 is 2.52 bits per heavy atom. The second-order valence-corrected chi connectivity index (χ2v) is 4.98. The molecule has 0 aromatic heterocycles. The van der Waals surface area contributed by atoms with Crippen LogP contribution in [0.5, 0.6) is 0 Å². The van der Waals surface area contributed by atoms with Gasteiger partial charge in [0, 0.05) is 30.9 Å². The van der Waals surface area contributed by atoms with Crippen LogP contribution in [0.15, 0.2) is 24.3 Å². The molecule has 1 rings (SSSR count). The zero-order valence-corrected chi connectivity index (χ0v) is 12.1. The van der Waals surface area contributed by atoms with Crippen molar-refractivity contribution in [3.05, 3.63) is 34.4 Å². The smallest absolute Gasteiger partial charge is 0.321 e. The Kier molecular flexibility index (Phi) is 6.14. The molecule has 7 heteroatoms. The molecule has 1 aromatic carbocycles. The van der Waals surface area contributed by atoms with E-state index in [1.165, 1.54) is 24.3 Å². The quantitative estimate of drug-likeness (QED) is 0.643. The molecule has 0 saturated carbocycles. The number of urea groups is 1. The van der Waals surface area contributed by atoms with Crippen molar-refractivity contribution in [2.75, 3.05) is 18.4 Å². The minimum atomic E-state index is -0.496. The fraction of sp³-hybridized carbons (Fsp3) is 0.429. The second kappa shape index (κ2) is 7.85. The first-order chi connectivity index (χ1) is 9.93. The van der Waals surface area contributed by atoms with Gasteiger partial charge in [-0.25, -0.2) is 4.79 Å². The molecule has 0 atom stereocenters. The van der Waals surface area contributed by atoms with E-state index in [1.807, 2.05) is 19.9 Å². The average Bonchev–Trinajstić information content (AvgIpc) is 2.43. The van der Waals surface area contributed by atoms with E-state index in [4.69, 9.17) is 5.26 Å². The van der Waals surface area contributed by atoms with Crippen LogP contribution in [0.4, 0.5) is 16.2 Å². The molecule has 0 radical (unpaired) electrons. The lowest BCUT2D eigenvalue weighted by Gasteiger charge is -2.23. The number of rotatable bonds is 6. The van der Waals surface area contributed by atoms with E-state index in [1.54, 1.807) is 4.90 Å². The minimum Gasteiger partial charge on any atom is -0.323 e. The summed E-state index contributed by atoms with van der Waals surface area (Å²) in [4.78, 5) is 23.8. The third-order valence-electron chi connectivity index (χ3n) is 2.70. The molecule has 0 heterocycles. The number of anilines is 1. The number of benzene rings is 1. The molecule has 0 aliphatic rings. The van der Waals surface area contributed by atoms with Crippen LogP contribution in [0, 0.1) is 27.4 Å². The number of nitrogens with zero attached hydrogens (tertiary/aromatic N) is 3. The van der Waals surface area contributed by atoms with Crippen LogP contribution in [0.3, 0.4) is 0 Å². The third-order valence-corrected chi connectivity index (χ3v) is 2.70. The Hall–Kier alpha value is -2.62. The zero-order chi connectivity index (χ0) is 15.8. The first-order valence-electron chi connectivity index (χ1n) is 6.61. The molecule has 0 aliphatic heterocycles. The first-order valence-corrected chi connectivity index (χ1v) is 6.61. The third kappa shape index (κ3) is 5.48. The molecule has 21 heavy (non-hydrogen) atoms. The maximum Gasteiger partial charge on any atom is 0.321 e. The molecule has 0 unspecified atom stereocenters. The van der Waals surface area contributed by atoms with Crippen LogP contribution in [-0.4, -0.2) is 28.9 Å². The lowest BCUT2D eigenvalue weighted by molar-refractivity contribution is -0.384. The van der Waals surface area contributed by atoms with Gasteiger partial charge < -0.3 is 10.2 Å². The highest BCUT2D eigenvalue weighted by Crippen LogP contribution is 2.16. The maximum absolute atomic E-state index is 12.1. The maximum atomic E-state index is 12.1. The number of non-ortho nitro benzene ring substituents is 1. The number of hydrogen-bond donors (Lipinski definition) is 1. The minimum absolute atomic E-state index is 0.0310. The van der Waals surface area contributed by atoms with Crippen molar-refractivity contribution in [1.82, 2.24) is 4.90 Å². The number of nitrogens with one attached hydrogen (secondary N) is 1. The fourth-order valence-corrected chi connectivity index (χ4v) is 1.77. The van der Waals surface area contributed by atoms with Gasteiger partial charge in [0.15, 0.2) is 0 Å². The zero-order valence-electron chi connectivity index (χ0n) is 12.1. The van der Waals surface area contributed by atoms with Crippen molar-refractivity contribution in [3.63, 3.8) is 0 Å². The Balaban J connectivity index is 2.71. The van der Waals surface area contributed by atoms with Crippen molar-refractivity contribution >= 4 is 17.4 Å². The van der Waals surface area contributed by atoms with E-state index < -0.39 is 4.92 Å². The highest BCUT2D eigenvalue weighted by molar-refractivity contribution is 5.89. The van der Waals surface area contributed by atoms with Crippen molar-refractivity contribution in [3.8, 4) is 6.07 Å². The van der Waals surface area contributed by atoms with E-state index in [0.29, 0.717) is 18.8 Å². The largest absolute Gasteiger partial charge is 0.323 e. The number of carbonyl (C=O) groups excluding carboxylic acids is 1. The van der Waals surface area contributed by atoms with E-state index >= 15 is 0 Å². The van der Waals surface area contributed by atoms with Crippen LogP contribution in [-0.2, 0) is 0 Å². The predicted molar refractivity (Wildman–Crippen MR) is 78.8 cm³/mol. The molecule has 7 nitrogen and oxygen atoms in total. The van der Waals surface area contributed by atoms with Gasteiger partial charge in [-0.3, -0.25) is 10.1 Å². The highest BCUT2D eigenvalue weighted by Gasteiger charge is 2.15. The fourth-order valence-electron chi connectivity index (χ4n) is 1.77. The molecule has 0 aliphatic carbocycles. The van der Waals surface area contributed by atoms with Gasteiger partial charge >= 0.3 is 6.03 Å². The Morgan fingerprint density at radius 2 is 2.05 bits per heavy atom. The van der Waals surface area contributed by atoms with Crippen molar-refractivity contribution in [1.29, 1.82) is 5.26 Å². The molecule has 112 valence electrons. The van der Waals surface area contributed by atoms with Crippen molar-refractivity contribution in [2.45, 2.75) is 20.3 Å². The van der Waals surface area contributed by atoms with Gasteiger partial charge in [-0.15, -0.1) is 0 Å². The summed E-state index contributed by atoms with van der Waals surface area (Å²) in [6.07, 6.45) is 0.264. The lowest BCUT2D eigenvalue weighted by atomic mass is 10.2. The topological polar surface area (TPSA) is 99.3 Å². The molecule has 1 N–H and O–H groups in total. The van der Waals surface area contributed by atoms with Crippen molar-refractivity contribution < 1.29 is 9.72 Å². The van der Waals surface area contributed by atoms with Gasteiger partial charge in [0.05, 0.1) is 17.4 Å².